The van der Waals surface area contributed by atoms with E-state index < -0.39 is 17.1 Å². The number of rotatable bonds is 3. The highest BCUT2D eigenvalue weighted by Crippen LogP contribution is 2.05. The van der Waals surface area contributed by atoms with Gasteiger partial charge in [0.2, 0.25) is 10.0 Å². The maximum absolute atomic E-state index is 10.8. The molecule has 0 aromatic heterocycles. The van der Waals surface area contributed by atoms with Gasteiger partial charge >= 0.3 is 7.12 Å². The summed E-state index contributed by atoms with van der Waals surface area (Å²) in [5.41, 5.74) is 0.539. The first-order chi connectivity index (χ1) is 7.80. The van der Waals surface area contributed by atoms with E-state index in [1.165, 1.54) is 31.2 Å². The minimum atomic E-state index is -3.33. The first-order valence-electron chi connectivity index (χ1n) is 4.55. The Morgan fingerprint density at radius 3 is 2.35 bits per heavy atom. The normalized spacial score (nSPS) is 9.59. The number of benzene rings is 1. The Bertz CT molecular complexity index is 496. The van der Waals surface area contributed by atoms with Gasteiger partial charge in [-0.05, 0) is 17.6 Å². The van der Waals surface area contributed by atoms with Crippen LogP contribution in [0.2, 0.25) is 0 Å². The Kier molecular flexibility index (Phi) is 6.27. The second kappa shape index (κ2) is 6.91. The number of nitrogens with one attached hydrogen (secondary N) is 1. The molecule has 0 spiro atoms. The van der Waals surface area contributed by atoms with Crippen molar-refractivity contribution >= 4 is 28.3 Å². The third-order valence-corrected chi connectivity index (χ3v) is 2.09. The molecule has 0 saturated carbocycles. The highest BCUT2D eigenvalue weighted by Gasteiger charge is 2.11. The zero-order chi connectivity index (χ0) is 13.5. The first-order valence-corrected chi connectivity index (χ1v) is 6.44. The van der Waals surface area contributed by atoms with Gasteiger partial charge < -0.3 is 10.0 Å². The highest BCUT2D eigenvalue weighted by molar-refractivity contribution is 7.92. The molecular formula is C9H13BN2O4S. The van der Waals surface area contributed by atoms with Gasteiger partial charge in [-0.1, -0.05) is 12.1 Å². The summed E-state index contributed by atoms with van der Waals surface area (Å²) in [5.74, 6) is 0. The van der Waals surface area contributed by atoms with Gasteiger partial charge in [0, 0.05) is 12.6 Å². The maximum Gasteiger partial charge on any atom is 0.488 e. The van der Waals surface area contributed by atoms with Crippen molar-refractivity contribution in [2.24, 2.45) is 0 Å². The van der Waals surface area contributed by atoms with E-state index in [0.717, 1.165) is 6.26 Å². The van der Waals surface area contributed by atoms with Gasteiger partial charge in [-0.25, -0.2) is 8.42 Å². The molecule has 6 nitrogen and oxygen atoms in total. The van der Waals surface area contributed by atoms with E-state index in [4.69, 9.17) is 15.3 Å². The largest absolute Gasteiger partial charge is 0.488 e. The Labute approximate surface area is 101 Å². The minimum absolute atomic E-state index is 0.235. The van der Waals surface area contributed by atoms with Crippen LogP contribution in [0.15, 0.2) is 24.3 Å². The second-order valence-electron chi connectivity index (χ2n) is 3.10. The lowest BCUT2D eigenvalue weighted by molar-refractivity contribution is 0.426. The third-order valence-electron chi connectivity index (χ3n) is 1.49. The lowest BCUT2D eigenvalue weighted by atomic mass is 9.80. The van der Waals surface area contributed by atoms with Gasteiger partial charge in [0.1, 0.15) is 0 Å². The van der Waals surface area contributed by atoms with Crippen LogP contribution in [0.1, 0.15) is 6.92 Å². The lowest BCUT2D eigenvalue weighted by Gasteiger charge is -2.05. The Morgan fingerprint density at radius 1 is 1.41 bits per heavy atom. The number of hydrogen-bond donors (Lipinski definition) is 3. The van der Waals surface area contributed by atoms with Crippen LogP contribution in [-0.4, -0.2) is 31.8 Å². The van der Waals surface area contributed by atoms with E-state index in [9.17, 15) is 8.42 Å². The molecular weight excluding hydrogens is 243 g/mol. The summed E-state index contributed by atoms with van der Waals surface area (Å²) in [5, 5.41) is 25.0. The van der Waals surface area contributed by atoms with Gasteiger partial charge in [-0.3, -0.25) is 4.72 Å². The van der Waals surface area contributed by atoms with Crippen LogP contribution in [0.3, 0.4) is 0 Å². The molecule has 92 valence electrons. The molecule has 0 radical (unpaired) electrons. The van der Waals surface area contributed by atoms with Crippen molar-refractivity contribution in [2.45, 2.75) is 6.92 Å². The fourth-order valence-corrected chi connectivity index (χ4v) is 1.53. The van der Waals surface area contributed by atoms with Crippen molar-refractivity contribution in [1.82, 2.24) is 0 Å². The van der Waals surface area contributed by atoms with Gasteiger partial charge in [-0.2, -0.15) is 5.26 Å². The second-order valence-corrected chi connectivity index (χ2v) is 4.85. The van der Waals surface area contributed by atoms with E-state index in [1.807, 2.05) is 0 Å². The van der Waals surface area contributed by atoms with Crippen molar-refractivity contribution in [3.05, 3.63) is 24.3 Å². The molecule has 0 aliphatic heterocycles. The summed E-state index contributed by atoms with van der Waals surface area (Å²) in [7, 11) is -4.93. The molecule has 0 saturated heterocycles. The number of hydrogen-bond acceptors (Lipinski definition) is 5. The molecule has 0 aliphatic carbocycles. The molecule has 0 aliphatic rings. The van der Waals surface area contributed by atoms with E-state index in [2.05, 4.69) is 4.72 Å². The Balaban J connectivity index is 0.000000770. The number of anilines is 1. The molecule has 1 aromatic rings. The van der Waals surface area contributed by atoms with Crippen LogP contribution >= 0.6 is 0 Å². The molecule has 0 heterocycles. The van der Waals surface area contributed by atoms with Crippen molar-refractivity contribution in [2.75, 3.05) is 11.0 Å². The minimum Gasteiger partial charge on any atom is -0.423 e. The van der Waals surface area contributed by atoms with E-state index in [-0.39, 0.29) is 5.46 Å². The summed E-state index contributed by atoms with van der Waals surface area (Å²) in [6.45, 7) is 1.43. The van der Waals surface area contributed by atoms with Crippen molar-refractivity contribution in [3.63, 3.8) is 0 Å². The van der Waals surface area contributed by atoms with Crippen LogP contribution in [-0.2, 0) is 10.0 Å². The van der Waals surface area contributed by atoms with E-state index >= 15 is 0 Å². The molecule has 0 unspecified atom stereocenters. The van der Waals surface area contributed by atoms with Crippen LogP contribution in [0, 0.1) is 11.3 Å². The summed E-state index contributed by atoms with van der Waals surface area (Å²) < 4.78 is 23.9. The smallest absolute Gasteiger partial charge is 0.423 e. The van der Waals surface area contributed by atoms with Crippen molar-refractivity contribution < 1.29 is 18.5 Å². The highest BCUT2D eigenvalue weighted by atomic mass is 32.2. The number of nitriles is 1. The monoisotopic (exact) mass is 256 g/mol. The summed E-state index contributed by atoms with van der Waals surface area (Å²) >= 11 is 0. The average molecular weight is 256 g/mol. The average Bonchev–Trinajstić information content (AvgIpc) is 2.16. The SMILES string of the molecule is CC#N.CS(=O)(=O)Nc1cccc(B(O)O)c1. The first kappa shape index (κ1) is 15.4. The summed E-state index contributed by atoms with van der Waals surface area (Å²) in [6.07, 6.45) is 1.02. The fourth-order valence-electron chi connectivity index (χ4n) is 0.977. The molecule has 1 rings (SSSR count). The van der Waals surface area contributed by atoms with Crippen LogP contribution in [0.5, 0.6) is 0 Å². The predicted molar refractivity (Wildman–Crippen MR) is 66.0 cm³/mol. The number of nitrogens with zero attached hydrogens (tertiary/aromatic N) is 1. The van der Waals surface area contributed by atoms with Gasteiger partial charge in [0.15, 0.2) is 0 Å². The Hall–Kier alpha value is -1.56. The Morgan fingerprint density at radius 2 is 1.94 bits per heavy atom. The summed E-state index contributed by atoms with van der Waals surface area (Å²) in [6, 6.07) is 7.64. The quantitative estimate of drug-likeness (QED) is 0.617. The summed E-state index contributed by atoms with van der Waals surface area (Å²) in [4.78, 5) is 0. The lowest BCUT2D eigenvalue weighted by Crippen LogP contribution is -2.29. The van der Waals surface area contributed by atoms with Crippen molar-refractivity contribution in [1.29, 1.82) is 5.26 Å². The molecule has 0 amide bonds. The zero-order valence-corrected chi connectivity index (χ0v) is 10.3. The van der Waals surface area contributed by atoms with Crippen molar-refractivity contribution in [3.8, 4) is 6.07 Å². The van der Waals surface area contributed by atoms with E-state index in [0.29, 0.717) is 5.69 Å². The third kappa shape index (κ3) is 7.35. The molecule has 8 heteroatoms. The molecule has 3 N–H and O–H groups in total. The van der Waals surface area contributed by atoms with Crippen LogP contribution in [0.25, 0.3) is 0 Å². The van der Waals surface area contributed by atoms with E-state index in [1.54, 1.807) is 6.07 Å². The standard InChI is InChI=1S/C7H10BNO4S.C2H3N/c1-14(12,13)9-7-4-2-3-6(5-7)8(10)11;1-2-3/h2-5,9-11H,1H3;1H3. The molecule has 0 atom stereocenters. The number of sulfonamides is 1. The topological polar surface area (TPSA) is 110 Å². The van der Waals surface area contributed by atoms with Crippen LogP contribution in [0.4, 0.5) is 5.69 Å². The predicted octanol–water partition coefficient (Wildman–Crippen LogP) is -0.732. The fraction of sp³-hybridized carbons (Fsp3) is 0.222. The van der Waals surface area contributed by atoms with Gasteiger partial charge in [0.25, 0.3) is 0 Å². The molecule has 17 heavy (non-hydrogen) atoms. The maximum atomic E-state index is 10.8. The molecule has 0 bridgehead atoms. The molecule has 0 fully saturated rings. The van der Waals surface area contributed by atoms with Crippen LogP contribution < -0.4 is 10.2 Å². The molecule has 1 aromatic carbocycles. The zero-order valence-electron chi connectivity index (χ0n) is 9.45. The van der Waals surface area contributed by atoms with Gasteiger partial charge in [-0.15, -0.1) is 0 Å². The van der Waals surface area contributed by atoms with Gasteiger partial charge in [0.05, 0.1) is 12.3 Å².